The topological polar surface area (TPSA) is 47.4 Å². The van der Waals surface area contributed by atoms with Crippen molar-refractivity contribution in [2.75, 3.05) is 20.2 Å². The maximum atomic E-state index is 13.7. The van der Waals surface area contributed by atoms with Crippen molar-refractivity contribution in [2.45, 2.75) is 12.5 Å². The minimum atomic E-state index is -0.679. The molecule has 24 heavy (non-hydrogen) atoms. The van der Waals surface area contributed by atoms with Crippen molar-refractivity contribution < 1.29 is 18.3 Å². The number of likely N-dealkylation sites (tertiary alicyclic amines) is 1. The molecule has 3 rings (SSSR count). The van der Waals surface area contributed by atoms with Gasteiger partial charge in [0.2, 0.25) is 0 Å². The van der Waals surface area contributed by atoms with Crippen LogP contribution in [0.5, 0.6) is 0 Å². The van der Waals surface area contributed by atoms with Crippen molar-refractivity contribution in [3.05, 3.63) is 53.4 Å². The van der Waals surface area contributed by atoms with E-state index in [1.807, 2.05) is 0 Å². The molecule has 1 amide bonds. The standard InChI is InChI=1S/C17H19F2N3O2/c1-21-10-13(7-20-21)16(24-2)17(23)22-8-11(9-22)5-12-3-4-14(18)6-15(12)19/h3-4,6-7,10-11,16H,5,8-9H2,1-2H3. The van der Waals surface area contributed by atoms with Crippen LogP contribution in [0.3, 0.4) is 0 Å². The SMILES string of the molecule is COC(C(=O)N1CC(Cc2ccc(F)cc2F)C1)c1cnn(C)c1. The highest BCUT2D eigenvalue weighted by atomic mass is 19.1. The molecule has 0 bridgehead atoms. The van der Waals surface area contributed by atoms with Crippen LogP contribution in [0, 0.1) is 17.6 Å². The van der Waals surface area contributed by atoms with Gasteiger partial charge in [-0.2, -0.15) is 5.10 Å². The van der Waals surface area contributed by atoms with Crippen molar-refractivity contribution >= 4 is 5.91 Å². The maximum Gasteiger partial charge on any atom is 0.256 e. The molecule has 1 aliphatic rings. The molecule has 128 valence electrons. The van der Waals surface area contributed by atoms with Gasteiger partial charge in [-0.05, 0) is 24.0 Å². The van der Waals surface area contributed by atoms with Crippen molar-refractivity contribution in [1.29, 1.82) is 0 Å². The molecule has 1 saturated heterocycles. The molecule has 2 aromatic rings. The van der Waals surface area contributed by atoms with Crippen LogP contribution in [0.2, 0.25) is 0 Å². The predicted octanol–water partition coefficient (Wildman–Crippen LogP) is 2.09. The van der Waals surface area contributed by atoms with E-state index in [1.165, 1.54) is 19.2 Å². The third-order valence-corrected chi connectivity index (χ3v) is 4.28. The van der Waals surface area contributed by atoms with E-state index in [9.17, 15) is 13.6 Å². The van der Waals surface area contributed by atoms with Gasteiger partial charge in [0.15, 0.2) is 6.10 Å². The van der Waals surface area contributed by atoms with Crippen molar-refractivity contribution in [1.82, 2.24) is 14.7 Å². The summed E-state index contributed by atoms with van der Waals surface area (Å²) in [6.07, 6.45) is 3.16. The number of aromatic nitrogens is 2. The second-order valence-electron chi connectivity index (χ2n) is 6.11. The smallest absolute Gasteiger partial charge is 0.256 e. The first-order valence-electron chi connectivity index (χ1n) is 7.72. The maximum absolute atomic E-state index is 13.7. The molecule has 5 nitrogen and oxygen atoms in total. The number of hydrogen-bond acceptors (Lipinski definition) is 3. The Labute approximate surface area is 138 Å². The summed E-state index contributed by atoms with van der Waals surface area (Å²) < 4.78 is 33.5. The summed E-state index contributed by atoms with van der Waals surface area (Å²) in [5, 5.41) is 4.05. The number of carbonyl (C=O) groups is 1. The van der Waals surface area contributed by atoms with E-state index in [-0.39, 0.29) is 11.8 Å². The third-order valence-electron chi connectivity index (χ3n) is 4.28. The number of benzene rings is 1. The van der Waals surface area contributed by atoms with E-state index < -0.39 is 17.7 Å². The van der Waals surface area contributed by atoms with Crippen LogP contribution in [0.25, 0.3) is 0 Å². The first kappa shape index (κ1) is 16.6. The zero-order chi connectivity index (χ0) is 17.3. The van der Waals surface area contributed by atoms with Gasteiger partial charge < -0.3 is 9.64 Å². The fraction of sp³-hybridized carbons (Fsp3) is 0.412. The summed E-state index contributed by atoms with van der Waals surface area (Å²) in [7, 11) is 3.26. The van der Waals surface area contributed by atoms with Gasteiger partial charge >= 0.3 is 0 Å². The highest BCUT2D eigenvalue weighted by Crippen LogP contribution is 2.27. The number of aryl methyl sites for hydroxylation is 1. The van der Waals surface area contributed by atoms with Gasteiger partial charge in [0.05, 0.1) is 6.20 Å². The van der Waals surface area contributed by atoms with Gasteiger partial charge in [-0.1, -0.05) is 6.07 Å². The molecule has 0 saturated carbocycles. The summed E-state index contributed by atoms with van der Waals surface area (Å²) in [6, 6.07) is 3.60. The Morgan fingerprint density at radius 1 is 1.42 bits per heavy atom. The Kier molecular flexibility index (Phi) is 4.62. The van der Waals surface area contributed by atoms with Crippen LogP contribution in [0.15, 0.2) is 30.6 Å². The third kappa shape index (κ3) is 3.31. The lowest BCUT2D eigenvalue weighted by molar-refractivity contribution is -0.149. The minimum Gasteiger partial charge on any atom is -0.367 e. The van der Waals surface area contributed by atoms with E-state index in [0.717, 1.165) is 6.07 Å². The average molecular weight is 335 g/mol. The summed E-state index contributed by atoms with van der Waals surface area (Å²) in [5.41, 5.74) is 1.18. The van der Waals surface area contributed by atoms with Crippen molar-refractivity contribution in [3.63, 3.8) is 0 Å². The fourth-order valence-electron chi connectivity index (χ4n) is 3.00. The first-order valence-corrected chi connectivity index (χ1v) is 7.72. The normalized spacial score (nSPS) is 16.1. The Morgan fingerprint density at radius 3 is 2.75 bits per heavy atom. The summed E-state index contributed by atoms with van der Waals surface area (Å²) >= 11 is 0. The number of amides is 1. The lowest BCUT2D eigenvalue weighted by Crippen LogP contribution is -2.52. The van der Waals surface area contributed by atoms with E-state index in [2.05, 4.69) is 5.10 Å². The molecule has 1 unspecified atom stereocenters. The molecule has 1 aromatic carbocycles. The summed E-state index contributed by atoms with van der Waals surface area (Å²) in [5.74, 6) is -1.08. The first-order chi connectivity index (χ1) is 11.5. The Balaban J connectivity index is 1.58. The van der Waals surface area contributed by atoms with E-state index in [0.29, 0.717) is 30.6 Å². The predicted molar refractivity (Wildman–Crippen MR) is 83.1 cm³/mol. The summed E-state index contributed by atoms with van der Waals surface area (Å²) in [4.78, 5) is 14.2. The molecule has 0 spiro atoms. The number of carbonyl (C=O) groups excluding carboxylic acids is 1. The molecular formula is C17H19F2N3O2. The zero-order valence-electron chi connectivity index (χ0n) is 13.6. The van der Waals surface area contributed by atoms with Crippen LogP contribution in [0.1, 0.15) is 17.2 Å². The van der Waals surface area contributed by atoms with Gasteiger partial charge in [0, 0.05) is 45.1 Å². The van der Waals surface area contributed by atoms with Crippen LogP contribution >= 0.6 is 0 Å². The lowest BCUT2D eigenvalue weighted by Gasteiger charge is -2.40. The molecule has 1 atom stereocenters. The largest absolute Gasteiger partial charge is 0.367 e. The molecule has 1 aromatic heterocycles. The number of methoxy groups -OCH3 is 1. The minimum absolute atomic E-state index is 0.124. The molecule has 2 heterocycles. The second-order valence-corrected chi connectivity index (χ2v) is 6.11. The quantitative estimate of drug-likeness (QED) is 0.841. The van der Waals surface area contributed by atoms with Crippen LogP contribution in [-0.4, -0.2) is 40.8 Å². The highest BCUT2D eigenvalue weighted by molar-refractivity contribution is 5.83. The highest BCUT2D eigenvalue weighted by Gasteiger charge is 2.36. The van der Waals surface area contributed by atoms with Gasteiger partial charge in [0.25, 0.3) is 5.91 Å². The van der Waals surface area contributed by atoms with E-state index >= 15 is 0 Å². The van der Waals surface area contributed by atoms with Crippen LogP contribution in [-0.2, 0) is 23.0 Å². The zero-order valence-corrected chi connectivity index (χ0v) is 13.6. The number of ether oxygens (including phenoxy) is 1. The molecule has 7 heteroatoms. The number of rotatable bonds is 5. The molecule has 1 fully saturated rings. The fourth-order valence-corrected chi connectivity index (χ4v) is 3.00. The van der Waals surface area contributed by atoms with Gasteiger partial charge in [-0.3, -0.25) is 9.48 Å². The molecule has 0 N–H and O–H groups in total. The van der Waals surface area contributed by atoms with Gasteiger partial charge in [0.1, 0.15) is 11.6 Å². The van der Waals surface area contributed by atoms with Crippen LogP contribution < -0.4 is 0 Å². The Morgan fingerprint density at radius 2 is 2.17 bits per heavy atom. The summed E-state index contributed by atoms with van der Waals surface area (Å²) in [6.45, 7) is 1.07. The second kappa shape index (κ2) is 6.68. The Hall–Kier alpha value is -2.28. The van der Waals surface area contributed by atoms with Crippen LogP contribution in [0.4, 0.5) is 8.78 Å². The number of hydrogen-bond donors (Lipinski definition) is 0. The monoisotopic (exact) mass is 335 g/mol. The number of nitrogens with zero attached hydrogens (tertiary/aromatic N) is 3. The average Bonchev–Trinajstić information content (AvgIpc) is 2.91. The molecule has 0 aliphatic carbocycles. The van der Waals surface area contributed by atoms with E-state index in [4.69, 9.17) is 4.74 Å². The van der Waals surface area contributed by atoms with Gasteiger partial charge in [-0.15, -0.1) is 0 Å². The molecule has 0 radical (unpaired) electrons. The molecule has 1 aliphatic heterocycles. The number of halogens is 2. The van der Waals surface area contributed by atoms with Gasteiger partial charge in [-0.25, -0.2) is 8.78 Å². The van der Waals surface area contributed by atoms with E-state index in [1.54, 1.807) is 29.0 Å². The van der Waals surface area contributed by atoms with Crippen molar-refractivity contribution in [2.24, 2.45) is 13.0 Å². The Bertz CT molecular complexity index is 741. The lowest BCUT2D eigenvalue weighted by atomic mass is 9.91. The molecular weight excluding hydrogens is 316 g/mol. The van der Waals surface area contributed by atoms with Crippen molar-refractivity contribution in [3.8, 4) is 0 Å².